The van der Waals surface area contributed by atoms with Crippen molar-refractivity contribution in [1.82, 2.24) is 0 Å². The summed E-state index contributed by atoms with van der Waals surface area (Å²) in [5.41, 5.74) is 0.419. The summed E-state index contributed by atoms with van der Waals surface area (Å²) in [5, 5.41) is 17.0. The molecule has 0 radical (unpaired) electrons. The van der Waals surface area contributed by atoms with Gasteiger partial charge in [-0.25, -0.2) is 4.79 Å². The smallest absolute Gasteiger partial charge is 0.330 e. The largest absolute Gasteiger partial charge is 0.478 e. The van der Waals surface area contributed by atoms with Crippen molar-refractivity contribution < 1.29 is 29.2 Å². The fraction of sp³-hybridized carbons (Fsp3) is 0.812. The first-order chi connectivity index (χ1) is 10.6. The minimum Gasteiger partial charge on any atom is -0.478 e. The first-order valence-corrected chi connectivity index (χ1v) is 7.95. The number of aliphatic hydroxyl groups excluding tert-OH is 1. The lowest BCUT2D eigenvalue weighted by Gasteiger charge is -1.96. The third kappa shape index (κ3) is 11.7. The van der Waals surface area contributed by atoms with Gasteiger partial charge in [0.25, 0.3) is 0 Å². The zero-order valence-corrected chi connectivity index (χ0v) is 13.3. The number of aliphatic carboxylic acids is 1. The van der Waals surface area contributed by atoms with E-state index in [1.54, 1.807) is 13.0 Å². The van der Waals surface area contributed by atoms with Crippen LogP contribution in [0.15, 0.2) is 11.6 Å². The second kappa shape index (κ2) is 11.6. The standard InChI is InChI=1S/C10H18O3.C6H10O3/c1-9(10(12)13)7-5-3-2-4-6-8-11;1(5-3-8-5)7-2-6-4-9-6/h7,11H,2-6,8H2,1H3,(H,12,13);5-6H,1-4H2. The number of carbonyl (C=O) groups is 1. The summed E-state index contributed by atoms with van der Waals surface area (Å²) in [7, 11) is 0. The molecule has 2 aliphatic heterocycles. The minimum atomic E-state index is -0.838. The highest BCUT2D eigenvalue weighted by Crippen LogP contribution is 2.12. The fourth-order valence-electron chi connectivity index (χ4n) is 1.68. The van der Waals surface area contributed by atoms with Gasteiger partial charge in [0.1, 0.15) is 12.2 Å². The van der Waals surface area contributed by atoms with Crippen molar-refractivity contribution in [2.24, 2.45) is 0 Å². The lowest BCUT2D eigenvalue weighted by Crippen LogP contribution is -2.06. The number of epoxide rings is 2. The first kappa shape index (κ1) is 19.1. The molecule has 0 aromatic rings. The maximum Gasteiger partial charge on any atom is 0.330 e. The molecule has 6 nitrogen and oxygen atoms in total. The van der Waals surface area contributed by atoms with Crippen LogP contribution >= 0.6 is 0 Å². The average Bonchev–Trinajstić information content (AvgIpc) is 3.37. The van der Waals surface area contributed by atoms with E-state index >= 15 is 0 Å². The van der Waals surface area contributed by atoms with E-state index in [1.165, 1.54) is 0 Å². The third-order valence-corrected chi connectivity index (χ3v) is 3.31. The molecule has 0 aromatic heterocycles. The predicted molar refractivity (Wildman–Crippen MR) is 81.9 cm³/mol. The van der Waals surface area contributed by atoms with Gasteiger partial charge in [-0.2, -0.15) is 0 Å². The highest BCUT2D eigenvalue weighted by molar-refractivity contribution is 5.85. The molecule has 0 saturated carbocycles. The summed E-state index contributed by atoms with van der Waals surface area (Å²) in [6.45, 7) is 5.12. The maximum absolute atomic E-state index is 10.4. The molecular weight excluding hydrogens is 288 g/mol. The number of carboxylic acid groups (broad SMARTS) is 1. The molecule has 2 rings (SSSR count). The molecular formula is C16H28O6. The van der Waals surface area contributed by atoms with E-state index in [2.05, 4.69) is 0 Å². The normalized spacial score (nSPS) is 22.7. The maximum atomic E-state index is 10.4. The van der Waals surface area contributed by atoms with Gasteiger partial charge in [0.15, 0.2) is 0 Å². The van der Waals surface area contributed by atoms with Crippen LogP contribution in [0.3, 0.4) is 0 Å². The number of aliphatic hydroxyl groups is 1. The molecule has 6 heteroatoms. The van der Waals surface area contributed by atoms with E-state index in [0.717, 1.165) is 58.5 Å². The van der Waals surface area contributed by atoms with E-state index in [-0.39, 0.29) is 6.61 Å². The Morgan fingerprint density at radius 1 is 1.14 bits per heavy atom. The Bertz CT molecular complexity index is 322. The zero-order valence-electron chi connectivity index (χ0n) is 13.3. The van der Waals surface area contributed by atoms with Crippen LogP contribution in [0.5, 0.6) is 0 Å². The Morgan fingerprint density at radius 3 is 2.14 bits per heavy atom. The van der Waals surface area contributed by atoms with Crippen LogP contribution in [0, 0.1) is 0 Å². The monoisotopic (exact) mass is 316 g/mol. The van der Waals surface area contributed by atoms with Crippen molar-refractivity contribution in [3.05, 3.63) is 11.6 Å². The Hall–Kier alpha value is -0.950. The van der Waals surface area contributed by atoms with Gasteiger partial charge in [0.05, 0.1) is 26.4 Å². The topological polar surface area (TPSA) is 91.8 Å². The lowest BCUT2D eigenvalue weighted by molar-refractivity contribution is -0.132. The van der Waals surface area contributed by atoms with Crippen molar-refractivity contribution >= 4 is 5.97 Å². The molecule has 128 valence electrons. The number of carboxylic acids is 1. The van der Waals surface area contributed by atoms with Crippen LogP contribution < -0.4 is 0 Å². The van der Waals surface area contributed by atoms with E-state index in [4.69, 9.17) is 24.4 Å². The van der Waals surface area contributed by atoms with Crippen LogP contribution in [-0.2, 0) is 19.0 Å². The van der Waals surface area contributed by atoms with Crippen molar-refractivity contribution in [1.29, 1.82) is 0 Å². The summed E-state index contributed by atoms with van der Waals surface area (Å²) in [6, 6.07) is 0. The SMILES string of the molecule is C(OCC1CO1)C1CO1.CC(=CCCCCCCO)C(=O)O. The number of rotatable bonds is 11. The number of hydrogen-bond donors (Lipinski definition) is 2. The van der Waals surface area contributed by atoms with Crippen LogP contribution in [0.1, 0.15) is 39.0 Å². The zero-order chi connectivity index (χ0) is 16.2. The van der Waals surface area contributed by atoms with Gasteiger partial charge in [0, 0.05) is 12.2 Å². The Kier molecular flexibility index (Phi) is 10.1. The molecule has 2 aliphatic rings. The molecule has 2 fully saturated rings. The van der Waals surface area contributed by atoms with Crippen LogP contribution in [-0.4, -0.2) is 61.4 Å². The molecule has 2 heterocycles. The second-order valence-electron chi connectivity index (χ2n) is 5.57. The van der Waals surface area contributed by atoms with Gasteiger partial charge in [-0.3, -0.25) is 0 Å². The number of ether oxygens (including phenoxy) is 3. The molecule has 2 unspecified atom stereocenters. The van der Waals surface area contributed by atoms with Gasteiger partial charge in [-0.05, 0) is 26.2 Å². The summed E-state index contributed by atoms with van der Waals surface area (Å²) < 4.78 is 15.1. The Morgan fingerprint density at radius 2 is 1.68 bits per heavy atom. The average molecular weight is 316 g/mol. The van der Waals surface area contributed by atoms with Gasteiger partial charge in [-0.1, -0.05) is 18.9 Å². The molecule has 0 aliphatic carbocycles. The number of allylic oxidation sites excluding steroid dienone is 1. The molecule has 2 saturated heterocycles. The minimum absolute atomic E-state index is 0.254. The summed E-state index contributed by atoms with van der Waals surface area (Å²) in [4.78, 5) is 10.4. The highest BCUT2D eigenvalue weighted by atomic mass is 16.6. The summed E-state index contributed by atoms with van der Waals surface area (Å²) in [6.07, 6.45) is 7.30. The molecule has 2 N–H and O–H groups in total. The predicted octanol–water partition coefficient (Wildman–Crippen LogP) is 1.76. The first-order valence-electron chi connectivity index (χ1n) is 7.95. The van der Waals surface area contributed by atoms with Gasteiger partial charge >= 0.3 is 5.97 Å². The molecule has 0 bridgehead atoms. The lowest BCUT2D eigenvalue weighted by atomic mass is 10.1. The van der Waals surface area contributed by atoms with Crippen molar-refractivity contribution in [2.45, 2.75) is 51.2 Å². The second-order valence-corrected chi connectivity index (χ2v) is 5.57. The number of unbranched alkanes of at least 4 members (excludes halogenated alkanes) is 4. The molecule has 0 spiro atoms. The number of hydrogen-bond acceptors (Lipinski definition) is 5. The molecule has 22 heavy (non-hydrogen) atoms. The molecule has 2 atom stereocenters. The fourth-order valence-corrected chi connectivity index (χ4v) is 1.68. The van der Waals surface area contributed by atoms with Crippen LogP contribution in [0.25, 0.3) is 0 Å². The Balaban J connectivity index is 0.000000231. The van der Waals surface area contributed by atoms with Gasteiger partial charge in [0.2, 0.25) is 0 Å². The van der Waals surface area contributed by atoms with E-state index in [0.29, 0.717) is 17.8 Å². The van der Waals surface area contributed by atoms with E-state index < -0.39 is 5.97 Å². The van der Waals surface area contributed by atoms with E-state index in [1.807, 2.05) is 0 Å². The van der Waals surface area contributed by atoms with Crippen molar-refractivity contribution in [3.63, 3.8) is 0 Å². The quantitative estimate of drug-likeness (QED) is 0.343. The van der Waals surface area contributed by atoms with Gasteiger partial charge < -0.3 is 24.4 Å². The highest BCUT2D eigenvalue weighted by Gasteiger charge is 2.26. The van der Waals surface area contributed by atoms with Crippen molar-refractivity contribution in [3.8, 4) is 0 Å². The van der Waals surface area contributed by atoms with E-state index in [9.17, 15) is 4.79 Å². The van der Waals surface area contributed by atoms with Crippen LogP contribution in [0.4, 0.5) is 0 Å². The molecule has 0 amide bonds. The third-order valence-electron chi connectivity index (χ3n) is 3.31. The molecule has 0 aromatic carbocycles. The summed E-state index contributed by atoms with van der Waals surface area (Å²) in [5.74, 6) is -0.838. The summed E-state index contributed by atoms with van der Waals surface area (Å²) >= 11 is 0. The van der Waals surface area contributed by atoms with Crippen molar-refractivity contribution in [2.75, 3.05) is 33.0 Å². The van der Waals surface area contributed by atoms with Gasteiger partial charge in [-0.15, -0.1) is 0 Å². The Labute approximate surface area is 132 Å². The van der Waals surface area contributed by atoms with Crippen LogP contribution in [0.2, 0.25) is 0 Å².